The molecule has 0 saturated carbocycles. The molecule has 1 N–H and O–H groups in total. The van der Waals surface area contributed by atoms with Crippen LogP contribution in [-0.2, 0) is 11.3 Å². The SMILES string of the molecule is CC1CN(CCC(=O)NC(c2ccccn2)C(F)(F)F)Cc2ccccc2O1. The molecule has 0 radical (unpaired) electrons. The number of para-hydroxylation sites is 1. The maximum absolute atomic E-state index is 13.3. The predicted molar refractivity (Wildman–Crippen MR) is 97.6 cm³/mol. The van der Waals surface area contributed by atoms with Crippen LogP contribution in [0, 0.1) is 0 Å². The van der Waals surface area contributed by atoms with Gasteiger partial charge in [-0.25, -0.2) is 0 Å². The van der Waals surface area contributed by atoms with E-state index < -0.39 is 18.1 Å². The zero-order valence-corrected chi connectivity index (χ0v) is 15.4. The Labute approximate surface area is 161 Å². The van der Waals surface area contributed by atoms with E-state index in [1.807, 2.05) is 36.1 Å². The average molecular weight is 393 g/mol. The molecule has 5 nitrogen and oxygen atoms in total. The zero-order valence-electron chi connectivity index (χ0n) is 15.4. The number of benzene rings is 1. The number of rotatable bonds is 5. The van der Waals surface area contributed by atoms with Gasteiger partial charge in [-0.05, 0) is 25.1 Å². The lowest BCUT2D eigenvalue weighted by atomic mass is 10.1. The molecule has 0 spiro atoms. The zero-order chi connectivity index (χ0) is 20.1. The smallest absolute Gasteiger partial charge is 0.414 e. The molecule has 0 fully saturated rings. The van der Waals surface area contributed by atoms with Crippen LogP contribution in [0.5, 0.6) is 5.75 Å². The summed E-state index contributed by atoms with van der Waals surface area (Å²) in [5.41, 5.74) is 0.767. The molecule has 1 aromatic carbocycles. The van der Waals surface area contributed by atoms with E-state index in [2.05, 4.69) is 10.3 Å². The van der Waals surface area contributed by atoms with Crippen LogP contribution in [0.25, 0.3) is 0 Å². The largest absolute Gasteiger partial charge is 0.489 e. The van der Waals surface area contributed by atoms with E-state index in [0.29, 0.717) is 19.6 Å². The number of hydrogen-bond donors (Lipinski definition) is 1. The first-order valence-electron chi connectivity index (χ1n) is 9.07. The molecule has 2 aromatic rings. The van der Waals surface area contributed by atoms with Crippen LogP contribution in [-0.4, -0.2) is 41.2 Å². The van der Waals surface area contributed by atoms with E-state index in [1.54, 1.807) is 0 Å². The molecule has 28 heavy (non-hydrogen) atoms. The number of alkyl halides is 3. The van der Waals surface area contributed by atoms with Gasteiger partial charge in [0.2, 0.25) is 5.91 Å². The normalized spacial score (nSPS) is 18.5. The number of fused-ring (bicyclic) bond motifs is 1. The highest BCUT2D eigenvalue weighted by atomic mass is 19.4. The van der Waals surface area contributed by atoms with Crippen molar-refractivity contribution >= 4 is 5.91 Å². The Morgan fingerprint density at radius 3 is 2.75 bits per heavy atom. The minimum atomic E-state index is -4.62. The van der Waals surface area contributed by atoms with Gasteiger partial charge in [-0.3, -0.25) is 14.7 Å². The van der Waals surface area contributed by atoms with Crippen molar-refractivity contribution < 1.29 is 22.7 Å². The number of aromatic nitrogens is 1. The second-order valence-electron chi connectivity index (χ2n) is 6.82. The fourth-order valence-electron chi connectivity index (χ4n) is 3.21. The number of carbonyl (C=O) groups excluding carboxylic acids is 1. The lowest BCUT2D eigenvalue weighted by molar-refractivity contribution is -0.164. The third-order valence-electron chi connectivity index (χ3n) is 4.48. The van der Waals surface area contributed by atoms with Gasteiger partial charge in [0.05, 0.1) is 5.69 Å². The van der Waals surface area contributed by atoms with Crippen molar-refractivity contribution in [3.63, 3.8) is 0 Å². The van der Waals surface area contributed by atoms with Crippen molar-refractivity contribution in [2.75, 3.05) is 13.1 Å². The van der Waals surface area contributed by atoms with Crippen LogP contribution in [0.3, 0.4) is 0 Å². The van der Waals surface area contributed by atoms with Gasteiger partial charge in [-0.2, -0.15) is 13.2 Å². The molecule has 8 heteroatoms. The standard InChI is InChI=1S/C20H22F3N3O2/c1-14-12-26(13-15-6-2-3-8-17(15)28-14)11-9-18(27)25-19(20(21,22)23)16-7-4-5-10-24-16/h2-8,10,14,19H,9,11-13H2,1H3,(H,25,27). The molecule has 150 valence electrons. The Morgan fingerprint density at radius 2 is 2.04 bits per heavy atom. The van der Waals surface area contributed by atoms with Gasteiger partial charge in [0.25, 0.3) is 0 Å². The first-order chi connectivity index (χ1) is 13.3. The summed E-state index contributed by atoms with van der Waals surface area (Å²) in [7, 11) is 0. The van der Waals surface area contributed by atoms with Crippen LogP contribution >= 0.6 is 0 Å². The average Bonchev–Trinajstić information content (AvgIpc) is 2.81. The molecule has 1 amide bonds. The highest BCUT2D eigenvalue weighted by Crippen LogP contribution is 2.31. The minimum absolute atomic E-state index is 0.0473. The monoisotopic (exact) mass is 393 g/mol. The quantitative estimate of drug-likeness (QED) is 0.845. The van der Waals surface area contributed by atoms with Gasteiger partial charge in [0.15, 0.2) is 6.04 Å². The van der Waals surface area contributed by atoms with Crippen LogP contribution in [0.1, 0.15) is 30.6 Å². The molecule has 0 aliphatic carbocycles. The number of nitrogens with zero attached hydrogens (tertiary/aromatic N) is 2. The molecule has 0 saturated heterocycles. The van der Waals surface area contributed by atoms with Gasteiger partial charge in [0.1, 0.15) is 11.9 Å². The number of amides is 1. The summed E-state index contributed by atoms with van der Waals surface area (Å²) >= 11 is 0. The Bertz CT molecular complexity index is 799. The molecule has 1 aliphatic rings. The van der Waals surface area contributed by atoms with E-state index in [9.17, 15) is 18.0 Å². The molecule has 1 aliphatic heterocycles. The number of carbonyl (C=O) groups is 1. The molecular weight excluding hydrogens is 371 g/mol. The van der Waals surface area contributed by atoms with E-state index in [-0.39, 0.29) is 18.2 Å². The number of pyridine rings is 1. The first kappa shape index (κ1) is 20.1. The summed E-state index contributed by atoms with van der Waals surface area (Å²) in [6, 6.07) is 9.76. The Kier molecular flexibility index (Phi) is 6.18. The minimum Gasteiger partial charge on any atom is -0.489 e. The number of halogens is 3. The molecule has 3 rings (SSSR count). The van der Waals surface area contributed by atoms with Crippen molar-refractivity contribution in [2.45, 2.75) is 38.2 Å². The summed E-state index contributed by atoms with van der Waals surface area (Å²) in [5.74, 6) is 0.133. The maximum atomic E-state index is 13.3. The van der Waals surface area contributed by atoms with Crippen molar-refractivity contribution in [1.29, 1.82) is 0 Å². The fourth-order valence-corrected chi connectivity index (χ4v) is 3.21. The van der Waals surface area contributed by atoms with Crippen molar-refractivity contribution in [2.24, 2.45) is 0 Å². The van der Waals surface area contributed by atoms with Gasteiger partial charge < -0.3 is 10.1 Å². The van der Waals surface area contributed by atoms with E-state index in [0.717, 1.165) is 11.3 Å². The lowest BCUT2D eigenvalue weighted by Crippen LogP contribution is -2.40. The van der Waals surface area contributed by atoms with Crippen molar-refractivity contribution in [3.8, 4) is 5.75 Å². The third-order valence-corrected chi connectivity index (χ3v) is 4.48. The maximum Gasteiger partial charge on any atom is 0.414 e. The Hall–Kier alpha value is -2.61. The first-order valence-corrected chi connectivity index (χ1v) is 9.07. The molecule has 0 bridgehead atoms. The summed E-state index contributed by atoms with van der Waals surface area (Å²) in [6.45, 7) is 3.43. The molecular formula is C20H22F3N3O2. The van der Waals surface area contributed by atoms with Crippen LogP contribution in [0.2, 0.25) is 0 Å². The number of ether oxygens (including phenoxy) is 1. The van der Waals surface area contributed by atoms with Crippen LogP contribution in [0.15, 0.2) is 48.7 Å². The Morgan fingerprint density at radius 1 is 1.29 bits per heavy atom. The highest BCUT2D eigenvalue weighted by Gasteiger charge is 2.42. The lowest BCUT2D eigenvalue weighted by Gasteiger charge is -2.24. The van der Waals surface area contributed by atoms with Gasteiger partial charge in [-0.15, -0.1) is 0 Å². The summed E-state index contributed by atoms with van der Waals surface area (Å²) in [5, 5.41) is 2.07. The topological polar surface area (TPSA) is 54.5 Å². The second kappa shape index (κ2) is 8.60. The molecule has 2 heterocycles. The van der Waals surface area contributed by atoms with Gasteiger partial charge >= 0.3 is 6.18 Å². The molecule has 1 aromatic heterocycles. The van der Waals surface area contributed by atoms with Gasteiger partial charge in [0, 0.05) is 37.8 Å². The van der Waals surface area contributed by atoms with E-state index >= 15 is 0 Å². The number of nitrogens with one attached hydrogen (secondary N) is 1. The fraction of sp³-hybridized carbons (Fsp3) is 0.400. The number of hydrogen-bond acceptors (Lipinski definition) is 4. The Balaban J connectivity index is 1.61. The van der Waals surface area contributed by atoms with Crippen LogP contribution in [0.4, 0.5) is 13.2 Å². The second-order valence-corrected chi connectivity index (χ2v) is 6.82. The molecule has 2 atom stereocenters. The van der Waals surface area contributed by atoms with Crippen molar-refractivity contribution in [1.82, 2.24) is 15.2 Å². The predicted octanol–water partition coefficient (Wildman–Crippen LogP) is 3.47. The summed E-state index contributed by atoms with van der Waals surface area (Å²) < 4.78 is 45.9. The van der Waals surface area contributed by atoms with Crippen LogP contribution < -0.4 is 10.1 Å². The molecule has 2 unspecified atom stereocenters. The van der Waals surface area contributed by atoms with E-state index in [4.69, 9.17) is 4.74 Å². The highest BCUT2D eigenvalue weighted by molar-refractivity contribution is 5.76. The summed E-state index contributed by atoms with van der Waals surface area (Å²) in [4.78, 5) is 18.0. The van der Waals surface area contributed by atoms with Gasteiger partial charge in [-0.1, -0.05) is 24.3 Å². The van der Waals surface area contributed by atoms with Crippen molar-refractivity contribution in [3.05, 3.63) is 59.9 Å². The summed E-state index contributed by atoms with van der Waals surface area (Å²) in [6.07, 6.45) is -3.47. The van der Waals surface area contributed by atoms with E-state index in [1.165, 1.54) is 24.4 Å². The third kappa shape index (κ3) is 5.22.